The van der Waals surface area contributed by atoms with Crippen molar-refractivity contribution in [2.24, 2.45) is 10.9 Å². The van der Waals surface area contributed by atoms with Crippen LogP contribution in [0.15, 0.2) is 15.9 Å². The van der Waals surface area contributed by atoms with Crippen LogP contribution in [0.5, 0.6) is 0 Å². The maximum atomic E-state index is 12.7. The van der Waals surface area contributed by atoms with E-state index in [-0.39, 0.29) is 39.8 Å². The number of anilines is 1. The highest BCUT2D eigenvalue weighted by molar-refractivity contribution is 8.00. The van der Waals surface area contributed by atoms with Crippen LogP contribution < -0.4 is 16.8 Å². The molecule has 0 bridgehead atoms. The van der Waals surface area contributed by atoms with Crippen molar-refractivity contribution in [3.8, 4) is 0 Å². The molecule has 2 aliphatic heterocycles. The number of aliphatic carboxylic acids is 1. The van der Waals surface area contributed by atoms with Crippen molar-refractivity contribution in [3.63, 3.8) is 0 Å². The molecule has 0 saturated carbocycles. The normalized spacial score (nSPS) is 21.5. The zero-order valence-corrected chi connectivity index (χ0v) is 17.1. The quantitative estimate of drug-likeness (QED) is 0.164. The molecular formula is C14H16ClN7O5S2. The number of hydrogen-bond donors (Lipinski definition) is 4. The van der Waals surface area contributed by atoms with Gasteiger partial charge in [-0.2, -0.15) is 9.36 Å². The van der Waals surface area contributed by atoms with Crippen LogP contribution in [0.2, 0.25) is 0 Å². The Morgan fingerprint density at radius 2 is 2.24 bits per heavy atom. The Kier molecular flexibility index (Phi) is 6.56. The number of carbonyl (C=O) groups is 3. The van der Waals surface area contributed by atoms with E-state index in [4.69, 9.17) is 27.9 Å². The lowest BCUT2D eigenvalue weighted by Crippen LogP contribution is -2.71. The molecule has 0 aliphatic carbocycles. The number of thioether (sulfide) groups is 1. The molecule has 2 aliphatic rings. The van der Waals surface area contributed by atoms with Gasteiger partial charge in [-0.15, -0.1) is 11.8 Å². The van der Waals surface area contributed by atoms with E-state index in [1.807, 2.05) is 0 Å². The number of nitrogens with one attached hydrogen (secondary N) is 1. The summed E-state index contributed by atoms with van der Waals surface area (Å²) >= 11 is 8.04. The van der Waals surface area contributed by atoms with Crippen LogP contribution in [0.1, 0.15) is 12.2 Å². The van der Waals surface area contributed by atoms with E-state index in [0.717, 1.165) is 16.4 Å². The van der Waals surface area contributed by atoms with Gasteiger partial charge in [-0.3, -0.25) is 14.5 Å². The first-order valence-electron chi connectivity index (χ1n) is 8.22. The summed E-state index contributed by atoms with van der Waals surface area (Å²) < 4.78 is 3.94. The second-order valence-corrected chi connectivity index (χ2v) is 8.14. The van der Waals surface area contributed by atoms with E-state index in [1.54, 1.807) is 0 Å². The number of oxime groups is 1. The van der Waals surface area contributed by atoms with Crippen LogP contribution in [0.4, 0.5) is 5.13 Å². The van der Waals surface area contributed by atoms with Crippen LogP contribution in [-0.2, 0) is 19.2 Å². The number of hydrogen-bond acceptors (Lipinski definition) is 11. The smallest absolute Gasteiger partial charge is 0.353 e. The van der Waals surface area contributed by atoms with Crippen molar-refractivity contribution in [2.75, 3.05) is 24.6 Å². The van der Waals surface area contributed by atoms with Gasteiger partial charge >= 0.3 is 5.97 Å². The number of rotatable bonds is 8. The highest BCUT2D eigenvalue weighted by atomic mass is 35.5. The highest BCUT2D eigenvalue weighted by Gasteiger charge is 2.54. The van der Waals surface area contributed by atoms with Gasteiger partial charge in [-0.05, 0) is 13.0 Å². The summed E-state index contributed by atoms with van der Waals surface area (Å²) in [7, 11) is 0. The number of amides is 2. The van der Waals surface area contributed by atoms with Crippen LogP contribution in [0.3, 0.4) is 0 Å². The topological polar surface area (TPSA) is 186 Å². The molecule has 1 unspecified atom stereocenters. The van der Waals surface area contributed by atoms with E-state index in [1.165, 1.54) is 11.8 Å². The monoisotopic (exact) mass is 461 g/mol. The summed E-state index contributed by atoms with van der Waals surface area (Å²) in [5, 5.41) is 15.2. The van der Waals surface area contributed by atoms with Gasteiger partial charge in [-0.1, -0.05) is 16.8 Å². The molecule has 156 valence electrons. The van der Waals surface area contributed by atoms with Gasteiger partial charge in [0, 0.05) is 17.3 Å². The van der Waals surface area contributed by atoms with Gasteiger partial charge < -0.3 is 26.7 Å². The standard InChI is InChI=1S/C14H16ClN7O5S2/c15-5-4-28-12-7(11(24)22(12)8(5)13(25)26)18-10(23)6(20-27-3-1-2-16)9-19-14(17)29-21-9/h7,12H,1-4,16H2,(H,18,23)(H,25,26)(H2,17,19,21)/b20-6+/t7?,12-/m1/s1. The van der Waals surface area contributed by atoms with Crippen LogP contribution in [0.25, 0.3) is 0 Å². The first kappa shape index (κ1) is 21.3. The summed E-state index contributed by atoms with van der Waals surface area (Å²) in [6.07, 6.45) is 0.519. The Morgan fingerprint density at radius 1 is 1.48 bits per heavy atom. The number of aromatic nitrogens is 2. The van der Waals surface area contributed by atoms with Gasteiger partial charge in [0.15, 0.2) is 5.13 Å². The van der Waals surface area contributed by atoms with Gasteiger partial charge in [0.05, 0.1) is 5.03 Å². The predicted octanol–water partition coefficient (Wildman–Crippen LogP) is -0.875. The summed E-state index contributed by atoms with van der Waals surface area (Å²) in [4.78, 5) is 46.6. The minimum absolute atomic E-state index is 0.0492. The van der Waals surface area contributed by atoms with Gasteiger partial charge in [0.25, 0.3) is 11.8 Å². The van der Waals surface area contributed by atoms with Crippen molar-refractivity contribution in [1.82, 2.24) is 19.6 Å². The minimum atomic E-state index is -1.31. The molecule has 29 heavy (non-hydrogen) atoms. The molecule has 2 atom stereocenters. The first-order valence-corrected chi connectivity index (χ1v) is 10.4. The molecule has 0 radical (unpaired) electrons. The van der Waals surface area contributed by atoms with Crippen molar-refractivity contribution < 1.29 is 24.3 Å². The summed E-state index contributed by atoms with van der Waals surface area (Å²) in [5.41, 5.74) is 10.4. The molecule has 6 N–H and O–H groups in total. The Balaban J connectivity index is 1.75. The molecule has 2 amide bonds. The summed E-state index contributed by atoms with van der Waals surface area (Å²) in [5.74, 6) is -2.51. The summed E-state index contributed by atoms with van der Waals surface area (Å²) in [6.45, 7) is 0.555. The number of nitrogens with zero attached hydrogens (tertiary/aromatic N) is 4. The Morgan fingerprint density at radius 3 is 2.86 bits per heavy atom. The maximum Gasteiger partial charge on any atom is 0.353 e. The number of fused-ring (bicyclic) bond motifs is 1. The van der Waals surface area contributed by atoms with Gasteiger partial charge in [0.2, 0.25) is 11.5 Å². The Hall–Kier alpha value is -2.42. The number of nitrogen functional groups attached to an aromatic ring is 1. The fourth-order valence-electron chi connectivity index (χ4n) is 2.56. The number of halogens is 1. The van der Waals surface area contributed by atoms with Crippen LogP contribution in [0, 0.1) is 0 Å². The Labute approximate surface area is 177 Å². The molecule has 15 heteroatoms. The van der Waals surface area contributed by atoms with Crippen molar-refractivity contribution in [3.05, 3.63) is 16.6 Å². The molecule has 3 heterocycles. The van der Waals surface area contributed by atoms with Gasteiger partial charge in [0.1, 0.15) is 23.7 Å². The van der Waals surface area contributed by atoms with E-state index in [2.05, 4.69) is 19.8 Å². The van der Waals surface area contributed by atoms with Crippen LogP contribution >= 0.6 is 34.9 Å². The van der Waals surface area contributed by atoms with Crippen molar-refractivity contribution in [1.29, 1.82) is 0 Å². The maximum absolute atomic E-state index is 12.7. The Bertz CT molecular complexity index is 905. The van der Waals surface area contributed by atoms with E-state index in [9.17, 15) is 19.5 Å². The lowest BCUT2D eigenvalue weighted by molar-refractivity contribution is -0.150. The number of carboxylic acid groups (broad SMARTS) is 1. The molecule has 1 fully saturated rings. The minimum Gasteiger partial charge on any atom is -0.477 e. The van der Waals surface area contributed by atoms with Gasteiger partial charge in [-0.25, -0.2) is 4.79 Å². The second kappa shape index (κ2) is 8.94. The van der Waals surface area contributed by atoms with Crippen molar-refractivity contribution >= 4 is 63.5 Å². The average Bonchev–Trinajstić information content (AvgIpc) is 3.11. The molecule has 12 nitrogen and oxygen atoms in total. The fraction of sp³-hybridized carbons (Fsp3) is 0.429. The zero-order chi connectivity index (χ0) is 21.1. The third kappa shape index (κ3) is 4.29. The molecule has 1 aromatic rings. The number of nitrogens with two attached hydrogens (primary N) is 2. The number of β-lactam (4-membered cyclic amide) rings is 1. The average molecular weight is 462 g/mol. The second-order valence-electron chi connectivity index (χ2n) is 5.79. The molecule has 0 aromatic carbocycles. The van der Waals surface area contributed by atoms with Crippen molar-refractivity contribution in [2.45, 2.75) is 17.8 Å². The zero-order valence-electron chi connectivity index (χ0n) is 14.7. The van der Waals surface area contributed by atoms with E-state index < -0.39 is 29.2 Å². The fourth-order valence-corrected chi connectivity index (χ4v) is 4.55. The SMILES string of the molecule is NCCCO/N=C(/C(=O)NC1C(=O)N2C(C(=O)O)=C(Cl)CS[C@H]12)c1nsc(N)n1. The third-order valence-corrected chi connectivity index (χ3v) is 6.17. The predicted molar refractivity (Wildman–Crippen MR) is 106 cm³/mol. The molecule has 3 rings (SSSR count). The molecular weight excluding hydrogens is 446 g/mol. The first-order chi connectivity index (χ1) is 13.8. The number of carbonyl (C=O) groups excluding carboxylic acids is 2. The lowest BCUT2D eigenvalue weighted by Gasteiger charge is -2.48. The molecule has 1 aromatic heterocycles. The molecule has 1 saturated heterocycles. The molecule has 0 spiro atoms. The summed E-state index contributed by atoms with van der Waals surface area (Å²) in [6, 6.07) is -0.961. The third-order valence-electron chi connectivity index (χ3n) is 3.88. The van der Waals surface area contributed by atoms with E-state index in [0.29, 0.717) is 13.0 Å². The van der Waals surface area contributed by atoms with E-state index >= 15 is 0 Å². The number of carboxylic acids is 1. The van der Waals surface area contributed by atoms with Crippen LogP contribution in [-0.4, -0.2) is 73.2 Å². The lowest BCUT2D eigenvalue weighted by atomic mass is 10.0. The highest BCUT2D eigenvalue weighted by Crippen LogP contribution is 2.41. The largest absolute Gasteiger partial charge is 0.477 e.